The highest BCUT2D eigenvalue weighted by Crippen LogP contribution is 2.23. The summed E-state index contributed by atoms with van der Waals surface area (Å²) in [6.07, 6.45) is 1.62. The van der Waals surface area contributed by atoms with E-state index < -0.39 is 5.97 Å². The molecule has 2 heterocycles. The number of rotatable bonds is 6. The van der Waals surface area contributed by atoms with Crippen LogP contribution in [0.4, 0.5) is 0 Å². The van der Waals surface area contributed by atoms with Crippen LogP contribution >= 0.6 is 11.3 Å². The zero-order chi connectivity index (χ0) is 17.6. The number of nitrogens with one attached hydrogen (secondary N) is 1. The lowest BCUT2D eigenvalue weighted by molar-refractivity contribution is -0.120. The number of nitrogens with zero attached hydrogens (tertiary/aromatic N) is 1. The maximum atomic E-state index is 12.1. The molecule has 0 aliphatic rings. The topological polar surface area (TPSA) is 81.4 Å². The van der Waals surface area contributed by atoms with Crippen molar-refractivity contribution in [3.8, 4) is 10.8 Å². The molecular formula is C18H16N2O4S. The Morgan fingerprint density at radius 3 is 2.92 bits per heavy atom. The van der Waals surface area contributed by atoms with Crippen molar-refractivity contribution >= 4 is 23.2 Å². The van der Waals surface area contributed by atoms with Gasteiger partial charge in [-0.3, -0.25) is 4.79 Å². The number of esters is 1. The van der Waals surface area contributed by atoms with E-state index in [1.165, 1.54) is 24.7 Å². The van der Waals surface area contributed by atoms with Gasteiger partial charge in [-0.25, -0.2) is 9.78 Å². The highest BCUT2D eigenvalue weighted by atomic mass is 32.1. The van der Waals surface area contributed by atoms with Gasteiger partial charge in [-0.2, -0.15) is 0 Å². The van der Waals surface area contributed by atoms with E-state index in [0.717, 1.165) is 10.4 Å². The zero-order valence-electron chi connectivity index (χ0n) is 13.5. The van der Waals surface area contributed by atoms with Gasteiger partial charge >= 0.3 is 5.97 Å². The molecule has 0 fully saturated rings. The number of hydrogen-bond acceptors (Lipinski definition) is 6. The summed E-state index contributed by atoms with van der Waals surface area (Å²) in [7, 11) is 1.33. The van der Waals surface area contributed by atoms with E-state index in [9.17, 15) is 9.59 Å². The Kier molecular flexibility index (Phi) is 5.25. The molecule has 0 aliphatic carbocycles. The third-order valence-electron chi connectivity index (χ3n) is 3.46. The van der Waals surface area contributed by atoms with Crippen LogP contribution in [0.15, 0.2) is 52.5 Å². The lowest BCUT2D eigenvalue weighted by atomic mass is 10.1. The summed E-state index contributed by atoms with van der Waals surface area (Å²) in [4.78, 5) is 28.8. The van der Waals surface area contributed by atoms with Crippen molar-refractivity contribution in [1.29, 1.82) is 0 Å². The molecule has 0 radical (unpaired) electrons. The molecule has 25 heavy (non-hydrogen) atoms. The lowest BCUT2D eigenvalue weighted by Crippen LogP contribution is -2.24. The van der Waals surface area contributed by atoms with Crippen molar-refractivity contribution in [1.82, 2.24) is 10.3 Å². The van der Waals surface area contributed by atoms with E-state index in [1.54, 1.807) is 18.2 Å². The summed E-state index contributed by atoms with van der Waals surface area (Å²) in [5.74, 6) is -0.0602. The number of carbonyl (C=O) groups excluding carboxylic acids is 2. The standard InChI is InChI=1S/C18H16N2O4S/c1-23-18(22)13-5-2-4-12(8-13)10-19-16(21)9-14-11-24-17(20-14)15-6-3-7-25-15/h2-8,11H,9-10H2,1H3,(H,19,21). The maximum absolute atomic E-state index is 12.1. The Balaban J connectivity index is 1.56. The second kappa shape index (κ2) is 7.76. The molecule has 7 heteroatoms. The second-order valence-corrected chi connectivity index (χ2v) is 6.21. The van der Waals surface area contributed by atoms with Gasteiger partial charge in [0.2, 0.25) is 11.8 Å². The van der Waals surface area contributed by atoms with E-state index in [0.29, 0.717) is 23.7 Å². The number of ether oxygens (including phenoxy) is 1. The summed E-state index contributed by atoms with van der Waals surface area (Å²) in [5.41, 5.74) is 1.84. The number of carbonyl (C=O) groups is 2. The number of aromatic nitrogens is 1. The highest BCUT2D eigenvalue weighted by molar-refractivity contribution is 7.13. The molecule has 0 bridgehead atoms. The third kappa shape index (κ3) is 4.33. The molecule has 0 saturated carbocycles. The first-order chi connectivity index (χ1) is 12.2. The SMILES string of the molecule is COC(=O)c1cccc(CNC(=O)Cc2coc(-c3cccs3)n2)c1. The fraction of sp³-hybridized carbons (Fsp3) is 0.167. The molecule has 2 aromatic heterocycles. The quantitative estimate of drug-likeness (QED) is 0.687. The van der Waals surface area contributed by atoms with Gasteiger partial charge in [0.05, 0.1) is 29.7 Å². The van der Waals surface area contributed by atoms with Gasteiger partial charge in [0.25, 0.3) is 0 Å². The average molecular weight is 356 g/mol. The number of benzene rings is 1. The maximum Gasteiger partial charge on any atom is 0.337 e. The number of oxazole rings is 1. The van der Waals surface area contributed by atoms with Gasteiger partial charge in [0, 0.05) is 6.54 Å². The van der Waals surface area contributed by atoms with E-state index in [4.69, 9.17) is 4.42 Å². The van der Waals surface area contributed by atoms with Crippen molar-refractivity contribution in [2.24, 2.45) is 0 Å². The lowest BCUT2D eigenvalue weighted by Gasteiger charge is -2.06. The Hall–Kier alpha value is -2.93. The van der Waals surface area contributed by atoms with Crippen LogP contribution in [0, 0.1) is 0 Å². The largest absolute Gasteiger partial charge is 0.465 e. The third-order valence-corrected chi connectivity index (χ3v) is 4.32. The number of hydrogen-bond donors (Lipinski definition) is 1. The normalized spacial score (nSPS) is 10.4. The van der Waals surface area contributed by atoms with Crippen LogP contribution in [-0.2, 0) is 22.5 Å². The van der Waals surface area contributed by atoms with Crippen LogP contribution < -0.4 is 5.32 Å². The van der Waals surface area contributed by atoms with Gasteiger partial charge in [-0.15, -0.1) is 11.3 Å². The van der Waals surface area contributed by atoms with Gasteiger partial charge < -0.3 is 14.5 Å². The Morgan fingerprint density at radius 2 is 2.16 bits per heavy atom. The average Bonchev–Trinajstić information content (AvgIpc) is 3.31. The second-order valence-electron chi connectivity index (χ2n) is 5.27. The molecule has 1 amide bonds. The molecule has 1 N–H and O–H groups in total. The Morgan fingerprint density at radius 1 is 1.28 bits per heavy atom. The first-order valence-corrected chi connectivity index (χ1v) is 8.46. The molecule has 0 spiro atoms. The van der Waals surface area contributed by atoms with Crippen molar-refractivity contribution in [3.63, 3.8) is 0 Å². The van der Waals surface area contributed by atoms with E-state index in [-0.39, 0.29) is 12.3 Å². The Labute approximate surface area is 148 Å². The molecule has 1 aromatic carbocycles. The molecule has 0 atom stereocenters. The van der Waals surface area contributed by atoms with Crippen LogP contribution in [0.1, 0.15) is 21.6 Å². The zero-order valence-corrected chi connectivity index (χ0v) is 14.3. The van der Waals surface area contributed by atoms with Crippen molar-refractivity contribution in [2.75, 3.05) is 7.11 Å². The molecule has 0 unspecified atom stereocenters. The van der Waals surface area contributed by atoms with E-state index in [2.05, 4.69) is 15.0 Å². The number of methoxy groups -OCH3 is 1. The highest BCUT2D eigenvalue weighted by Gasteiger charge is 2.11. The van der Waals surface area contributed by atoms with Crippen LogP contribution in [-0.4, -0.2) is 24.0 Å². The molecule has 0 saturated heterocycles. The van der Waals surface area contributed by atoms with Crippen LogP contribution in [0.3, 0.4) is 0 Å². The first kappa shape index (κ1) is 16.9. The Bertz CT molecular complexity index is 871. The summed E-state index contributed by atoms with van der Waals surface area (Å²) >= 11 is 1.53. The molecule has 0 aliphatic heterocycles. The fourth-order valence-corrected chi connectivity index (χ4v) is 2.91. The summed E-state index contributed by atoms with van der Waals surface area (Å²) in [6, 6.07) is 10.8. The van der Waals surface area contributed by atoms with Gasteiger partial charge in [0.15, 0.2) is 0 Å². The van der Waals surface area contributed by atoms with Gasteiger partial charge in [-0.1, -0.05) is 18.2 Å². The summed E-state index contributed by atoms with van der Waals surface area (Å²) in [5, 5.41) is 4.74. The first-order valence-electron chi connectivity index (χ1n) is 7.58. The minimum Gasteiger partial charge on any atom is -0.465 e. The van der Waals surface area contributed by atoms with Crippen molar-refractivity contribution < 1.29 is 18.7 Å². The molecule has 3 aromatic rings. The predicted octanol–water partition coefficient (Wildman–Crippen LogP) is 3.05. The van der Waals surface area contributed by atoms with Gasteiger partial charge in [0.1, 0.15) is 6.26 Å². The molecular weight excluding hydrogens is 340 g/mol. The summed E-state index contributed by atoms with van der Waals surface area (Å²) in [6.45, 7) is 0.319. The summed E-state index contributed by atoms with van der Waals surface area (Å²) < 4.78 is 10.1. The van der Waals surface area contributed by atoms with Gasteiger partial charge in [-0.05, 0) is 29.1 Å². The van der Waals surface area contributed by atoms with Crippen LogP contribution in [0.5, 0.6) is 0 Å². The minimum atomic E-state index is -0.406. The van der Waals surface area contributed by atoms with Crippen molar-refractivity contribution in [3.05, 3.63) is 64.9 Å². The van der Waals surface area contributed by atoms with Crippen molar-refractivity contribution in [2.45, 2.75) is 13.0 Å². The van der Waals surface area contributed by atoms with Crippen LogP contribution in [0.25, 0.3) is 10.8 Å². The van der Waals surface area contributed by atoms with Crippen LogP contribution in [0.2, 0.25) is 0 Å². The smallest absolute Gasteiger partial charge is 0.337 e. The van der Waals surface area contributed by atoms with E-state index in [1.807, 2.05) is 23.6 Å². The molecule has 6 nitrogen and oxygen atoms in total. The minimum absolute atomic E-state index is 0.131. The number of thiophene rings is 1. The fourth-order valence-electron chi connectivity index (χ4n) is 2.26. The number of amides is 1. The molecule has 3 rings (SSSR count). The van der Waals surface area contributed by atoms with E-state index >= 15 is 0 Å². The molecule has 128 valence electrons. The monoisotopic (exact) mass is 356 g/mol. The predicted molar refractivity (Wildman–Crippen MR) is 93.1 cm³/mol.